The highest BCUT2D eigenvalue weighted by Crippen LogP contribution is 2.27. The van der Waals surface area contributed by atoms with Crippen LogP contribution in [0, 0.1) is 0 Å². The van der Waals surface area contributed by atoms with Gasteiger partial charge in [-0.2, -0.15) is 5.10 Å². The predicted octanol–water partition coefficient (Wildman–Crippen LogP) is 2.05. The van der Waals surface area contributed by atoms with E-state index < -0.39 is 6.17 Å². The zero-order valence-corrected chi connectivity index (χ0v) is 7.44. The molecular formula is C10H10FN3. The fourth-order valence-corrected chi connectivity index (χ4v) is 1.30. The van der Waals surface area contributed by atoms with E-state index in [4.69, 9.17) is 5.73 Å². The topological polar surface area (TPSA) is 54.7 Å². The first kappa shape index (κ1) is 8.74. The number of nitrogens with zero attached hydrogens (tertiary/aromatic N) is 1. The summed E-state index contributed by atoms with van der Waals surface area (Å²) in [5.74, 6) is 0. The molecule has 1 unspecified atom stereocenters. The Morgan fingerprint density at radius 3 is 2.57 bits per heavy atom. The summed E-state index contributed by atoms with van der Waals surface area (Å²) >= 11 is 0. The number of anilines is 1. The van der Waals surface area contributed by atoms with Crippen LogP contribution >= 0.6 is 0 Å². The van der Waals surface area contributed by atoms with Crippen LogP contribution in [0.3, 0.4) is 0 Å². The molecule has 0 fully saturated rings. The van der Waals surface area contributed by atoms with Gasteiger partial charge in [0.1, 0.15) is 0 Å². The van der Waals surface area contributed by atoms with Crippen LogP contribution in [0.15, 0.2) is 36.5 Å². The standard InChI is InChI=1S/C10H10FN3/c11-9(7-4-2-1-3-5-7)10-8(12)6-13-14-10/h1-6,9H,12H2,(H,13,14). The van der Waals surface area contributed by atoms with Crippen molar-refractivity contribution in [3.8, 4) is 0 Å². The summed E-state index contributed by atoms with van der Waals surface area (Å²) in [5, 5.41) is 6.23. The summed E-state index contributed by atoms with van der Waals surface area (Å²) in [6, 6.07) is 8.84. The summed E-state index contributed by atoms with van der Waals surface area (Å²) in [5.41, 5.74) is 6.78. The van der Waals surface area contributed by atoms with Crippen molar-refractivity contribution in [1.82, 2.24) is 10.2 Å². The number of aromatic amines is 1. The number of rotatable bonds is 2. The van der Waals surface area contributed by atoms with Gasteiger partial charge in [0.05, 0.1) is 17.6 Å². The van der Waals surface area contributed by atoms with Crippen LogP contribution in [0.4, 0.5) is 10.1 Å². The van der Waals surface area contributed by atoms with Crippen LogP contribution in [0.5, 0.6) is 0 Å². The normalized spacial score (nSPS) is 12.6. The molecule has 0 amide bonds. The first-order valence-electron chi connectivity index (χ1n) is 4.27. The molecule has 3 nitrogen and oxygen atoms in total. The second-order valence-electron chi connectivity index (χ2n) is 3.01. The third kappa shape index (κ3) is 1.46. The van der Waals surface area contributed by atoms with Gasteiger partial charge >= 0.3 is 0 Å². The number of benzene rings is 1. The molecular weight excluding hydrogens is 181 g/mol. The third-order valence-electron chi connectivity index (χ3n) is 2.05. The van der Waals surface area contributed by atoms with E-state index in [1.807, 2.05) is 6.07 Å². The number of hydrogen-bond acceptors (Lipinski definition) is 2. The first-order valence-corrected chi connectivity index (χ1v) is 4.27. The lowest BCUT2D eigenvalue weighted by Gasteiger charge is -2.06. The Morgan fingerprint density at radius 2 is 2.00 bits per heavy atom. The summed E-state index contributed by atoms with van der Waals surface area (Å²) < 4.78 is 13.8. The summed E-state index contributed by atoms with van der Waals surface area (Å²) in [7, 11) is 0. The molecule has 72 valence electrons. The smallest absolute Gasteiger partial charge is 0.168 e. The van der Waals surface area contributed by atoms with E-state index in [2.05, 4.69) is 10.2 Å². The van der Waals surface area contributed by atoms with Gasteiger partial charge in [-0.15, -0.1) is 0 Å². The summed E-state index contributed by atoms with van der Waals surface area (Å²) in [6.45, 7) is 0. The molecule has 0 aliphatic heterocycles. The molecule has 0 aliphatic carbocycles. The summed E-state index contributed by atoms with van der Waals surface area (Å²) in [4.78, 5) is 0. The molecule has 0 spiro atoms. The van der Waals surface area contributed by atoms with Crippen LogP contribution in [-0.2, 0) is 0 Å². The maximum Gasteiger partial charge on any atom is 0.168 e. The predicted molar refractivity (Wildman–Crippen MR) is 52.4 cm³/mol. The minimum Gasteiger partial charge on any atom is -0.396 e. The van der Waals surface area contributed by atoms with E-state index >= 15 is 0 Å². The van der Waals surface area contributed by atoms with Crippen molar-refractivity contribution in [2.24, 2.45) is 0 Å². The van der Waals surface area contributed by atoms with Gasteiger partial charge in [-0.25, -0.2) is 4.39 Å². The van der Waals surface area contributed by atoms with Gasteiger partial charge in [-0.3, -0.25) is 5.10 Å². The molecule has 1 aromatic carbocycles. The van der Waals surface area contributed by atoms with Gasteiger partial charge in [0.2, 0.25) is 0 Å². The Balaban J connectivity index is 2.34. The van der Waals surface area contributed by atoms with E-state index in [-0.39, 0.29) is 0 Å². The Hall–Kier alpha value is -1.84. The SMILES string of the molecule is Nc1cn[nH]c1C(F)c1ccccc1. The number of H-pyrrole nitrogens is 1. The van der Waals surface area contributed by atoms with Crippen molar-refractivity contribution < 1.29 is 4.39 Å². The Labute approximate surface area is 80.8 Å². The maximum absolute atomic E-state index is 13.8. The van der Waals surface area contributed by atoms with E-state index in [0.717, 1.165) is 0 Å². The zero-order valence-electron chi connectivity index (χ0n) is 7.44. The van der Waals surface area contributed by atoms with Gasteiger partial charge in [0.15, 0.2) is 6.17 Å². The van der Waals surface area contributed by atoms with Crippen LogP contribution in [0.25, 0.3) is 0 Å². The second-order valence-corrected chi connectivity index (χ2v) is 3.01. The Bertz CT molecular complexity index is 410. The third-order valence-corrected chi connectivity index (χ3v) is 2.05. The minimum atomic E-state index is -1.24. The molecule has 0 aliphatic rings. The largest absolute Gasteiger partial charge is 0.396 e. The highest BCUT2D eigenvalue weighted by Gasteiger charge is 2.16. The van der Waals surface area contributed by atoms with Crippen molar-refractivity contribution in [1.29, 1.82) is 0 Å². The molecule has 2 aromatic rings. The van der Waals surface area contributed by atoms with Crippen LogP contribution in [-0.4, -0.2) is 10.2 Å². The van der Waals surface area contributed by atoms with Gasteiger partial charge in [-0.1, -0.05) is 30.3 Å². The lowest BCUT2D eigenvalue weighted by atomic mass is 10.1. The zero-order chi connectivity index (χ0) is 9.97. The van der Waals surface area contributed by atoms with Gasteiger partial charge in [0.25, 0.3) is 0 Å². The van der Waals surface area contributed by atoms with Crippen molar-refractivity contribution in [3.05, 3.63) is 47.8 Å². The molecule has 1 atom stereocenters. The van der Waals surface area contributed by atoms with E-state index in [0.29, 0.717) is 16.9 Å². The lowest BCUT2D eigenvalue weighted by molar-refractivity contribution is 0.394. The molecule has 1 heterocycles. The number of hydrogen-bond donors (Lipinski definition) is 2. The molecule has 0 radical (unpaired) electrons. The quantitative estimate of drug-likeness (QED) is 0.763. The van der Waals surface area contributed by atoms with Crippen molar-refractivity contribution in [2.45, 2.75) is 6.17 Å². The maximum atomic E-state index is 13.8. The van der Waals surface area contributed by atoms with Gasteiger partial charge < -0.3 is 5.73 Å². The number of nitrogens with two attached hydrogens (primary N) is 1. The van der Waals surface area contributed by atoms with Crippen LogP contribution < -0.4 is 5.73 Å². The Kier molecular flexibility index (Phi) is 2.18. The molecule has 3 N–H and O–H groups in total. The van der Waals surface area contributed by atoms with Crippen LogP contribution in [0.1, 0.15) is 17.4 Å². The number of halogens is 1. The number of aromatic nitrogens is 2. The molecule has 2 rings (SSSR count). The Morgan fingerprint density at radius 1 is 1.29 bits per heavy atom. The summed E-state index contributed by atoms with van der Waals surface area (Å²) in [6.07, 6.45) is 0.170. The lowest BCUT2D eigenvalue weighted by Crippen LogP contribution is -1.98. The van der Waals surface area contributed by atoms with E-state index in [9.17, 15) is 4.39 Å². The molecule has 0 saturated heterocycles. The average molecular weight is 191 g/mol. The van der Waals surface area contributed by atoms with Crippen molar-refractivity contribution in [2.75, 3.05) is 5.73 Å². The molecule has 0 bridgehead atoms. The average Bonchev–Trinajstić information content (AvgIpc) is 2.65. The highest BCUT2D eigenvalue weighted by atomic mass is 19.1. The van der Waals surface area contributed by atoms with E-state index in [1.165, 1.54) is 6.20 Å². The molecule has 4 heteroatoms. The molecule has 1 aromatic heterocycles. The molecule has 0 saturated carbocycles. The van der Waals surface area contributed by atoms with Crippen molar-refractivity contribution >= 4 is 5.69 Å². The highest BCUT2D eigenvalue weighted by molar-refractivity contribution is 5.44. The van der Waals surface area contributed by atoms with E-state index in [1.54, 1.807) is 24.3 Å². The monoisotopic (exact) mass is 191 g/mol. The number of alkyl halides is 1. The minimum absolute atomic E-state index is 0.316. The van der Waals surface area contributed by atoms with Gasteiger partial charge in [0, 0.05) is 0 Å². The molecule has 14 heavy (non-hydrogen) atoms. The fourth-order valence-electron chi connectivity index (χ4n) is 1.30. The fraction of sp³-hybridized carbons (Fsp3) is 0.100. The number of nitrogens with one attached hydrogen (secondary N) is 1. The van der Waals surface area contributed by atoms with Gasteiger partial charge in [-0.05, 0) is 5.56 Å². The second kappa shape index (κ2) is 3.49. The van der Waals surface area contributed by atoms with Crippen molar-refractivity contribution in [3.63, 3.8) is 0 Å². The number of nitrogen functional groups attached to an aromatic ring is 1. The van der Waals surface area contributed by atoms with Crippen LogP contribution in [0.2, 0.25) is 0 Å². The first-order chi connectivity index (χ1) is 6.79.